The molecule has 1 saturated heterocycles. The molecule has 1 aliphatic heterocycles. The molecule has 0 N–H and O–H groups in total. The first-order valence-corrected chi connectivity index (χ1v) is 8.60. The topological polar surface area (TPSA) is 55.3 Å². The van der Waals surface area contributed by atoms with Crippen molar-refractivity contribution in [2.75, 3.05) is 13.1 Å². The lowest BCUT2D eigenvalue weighted by Crippen LogP contribution is -2.64. The van der Waals surface area contributed by atoms with Crippen LogP contribution in [0.3, 0.4) is 0 Å². The number of amides is 1. The van der Waals surface area contributed by atoms with E-state index in [2.05, 4.69) is 22.0 Å². The third-order valence-electron chi connectivity index (χ3n) is 4.19. The van der Waals surface area contributed by atoms with E-state index in [9.17, 15) is 4.79 Å². The second-order valence-electron chi connectivity index (χ2n) is 7.58. The number of hydrogen-bond donors (Lipinski definition) is 0. The largest absolute Gasteiger partial charge is 0.444 e. The molecule has 5 nitrogen and oxygen atoms in total. The van der Waals surface area contributed by atoms with E-state index in [-0.39, 0.29) is 21.8 Å². The normalized spacial score (nSPS) is 19.1. The summed E-state index contributed by atoms with van der Waals surface area (Å²) in [5.74, 6) is 6.56. The summed E-state index contributed by atoms with van der Waals surface area (Å²) >= 11 is 11.7. The Morgan fingerprint density at radius 1 is 1.33 bits per heavy atom. The fourth-order valence-electron chi connectivity index (χ4n) is 3.19. The number of nitrogens with zero attached hydrogens (tertiary/aromatic N) is 3. The van der Waals surface area contributed by atoms with Crippen molar-refractivity contribution in [2.24, 2.45) is 11.3 Å². The number of hydrogen-bond acceptors (Lipinski definition) is 4. The van der Waals surface area contributed by atoms with Gasteiger partial charge in [-0.2, -0.15) is 0 Å². The number of halogens is 2. The summed E-state index contributed by atoms with van der Waals surface area (Å²) in [7, 11) is 0. The van der Waals surface area contributed by atoms with Crippen molar-refractivity contribution in [3.63, 3.8) is 0 Å². The molecule has 1 aliphatic carbocycles. The Morgan fingerprint density at radius 3 is 2.62 bits per heavy atom. The number of ether oxygens (including phenoxy) is 1. The molecule has 1 saturated carbocycles. The van der Waals surface area contributed by atoms with Gasteiger partial charge in [0, 0.05) is 24.4 Å². The first-order valence-electron chi connectivity index (χ1n) is 7.84. The average Bonchev–Trinajstić information content (AvgIpc) is 2.36. The molecule has 0 bridgehead atoms. The summed E-state index contributed by atoms with van der Waals surface area (Å²) in [5, 5.41) is 7.94. The molecule has 128 valence electrons. The number of rotatable bonds is 0. The minimum Gasteiger partial charge on any atom is -0.444 e. The summed E-state index contributed by atoms with van der Waals surface area (Å²) < 4.78 is 5.38. The van der Waals surface area contributed by atoms with E-state index >= 15 is 0 Å². The molecule has 0 aromatic carbocycles. The molecule has 3 rings (SSSR count). The van der Waals surface area contributed by atoms with Gasteiger partial charge in [-0.3, -0.25) is 0 Å². The van der Waals surface area contributed by atoms with Crippen molar-refractivity contribution in [1.82, 2.24) is 15.1 Å². The molecule has 1 aromatic rings. The smallest absolute Gasteiger partial charge is 0.410 e. The summed E-state index contributed by atoms with van der Waals surface area (Å²) in [4.78, 5) is 13.7. The van der Waals surface area contributed by atoms with Gasteiger partial charge in [0.25, 0.3) is 0 Å². The zero-order chi connectivity index (χ0) is 17.5. The quantitative estimate of drug-likeness (QED) is 0.654. The van der Waals surface area contributed by atoms with Crippen LogP contribution in [-0.4, -0.2) is 39.9 Å². The van der Waals surface area contributed by atoms with Crippen LogP contribution in [-0.2, 0) is 4.74 Å². The molecule has 1 amide bonds. The van der Waals surface area contributed by atoms with E-state index in [0.29, 0.717) is 11.5 Å². The van der Waals surface area contributed by atoms with Crippen LogP contribution in [0.2, 0.25) is 10.3 Å². The van der Waals surface area contributed by atoms with Gasteiger partial charge in [0.2, 0.25) is 0 Å². The number of carbonyl (C=O) groups is 1. The summed E-state index contributed by atoms with van der Waals surface area (Å²) in [6, 6.07) is 1.62. The molecule has 2 aliphatic rings. The molecule has 0 unspecified atom stereocenters. The summed E-state index contributed by atoms with van der Waals surface area (Å²) in [6.45, 7) is 7.13. The molecular weight excluding hydrogens is 349 g/mol. The molecule has 0 radical (unpaired) electrons. The third kappa shape index (κ3) is 3.76. The van der Waals surface area contributed by atoms with Crippen molar-refractivity contribution in [3.8, 4) is 11.8 Å². The van der Waals surface area contributed by atoms with Crippen molar-refractivity contribution < 1.29 is 9.53 Å². The maximum Gasteiger partial charge on any atom is 0.410 e. The highest BCUT2D eigenvalue weighted by molar-refractivity contribution is 6.32. The Hall–Kier alpha value is -1.51. The van der Waals surface area contributed by atoms with Gasteiger partial charge < -0.3 is 9.64 Å². The van der Waals surface area contributed by atoms with Crippen LogP contribution in [0.5, 0.6) is 0 Å². The van der Waals surface area contributed by atoms with Gasteiger partial charge in [0.15, 0.2) is 10.3 Å². The van der Waals surface area contributed by atoms with Gasteiger partial charge in [-0.1, -0.05) is 35.0 Å². The number of carbonyl (C=O) groups excluding carboxylic acids is 1. The first kappa shape index (κ1) is 17.3. The fraction of sp³-hybridized carbons (Fsp3) is 0.588. The van der Waals surface area contributed by atoms with E-state index in [0.717, 1.165) is 25.9 Å². The number of aromatic nitrogens is 2. The fourth-order valence-corrected chi connectivity index (χ4v) is 3.47. The highest BCUT2D eigenvalue weighted by Crippen LogP contribution is 2.51. The average molecular weight is 368 g/mol. The Bertz CT molecular complexity index is 720. The Kier molecular flexibility index (Phi) is 4.39. The van der Waals surface area contributed by atoms with Gasteiger partial charge in [-0.15, -0.1) is 10.2 Å². The van der Waals surface area contributed by atoms with Gasteiger partial charge in [-0.05, 0) is 39.7 Å². The molecule has 7 heteroatoms. The van der Waals surface area contributed by atoms with Crippen LogP contribution in [0, 0.1) is 23.2 Å². The molecule has 2 fully saturated rings. The van der Waals surface area contributed by atoms with Gasteiger partial charge in [0.05, 0.1) is 5.56 Å². The van der Waals surface area contributed by atoms with E-state index < -0.39 is 5.60 Å². The molecule has 1 aromatic heterocycles. The SMILES string of the molecule is CC(C)(C)OC(=O)N1CC2(CC(C#Cc3cc(Cl)nnc3Cl)C2)C1. The summed E-state index contributed by atoms with van der Waals surface area (Å²) in [6.07, 6.45) is 1.75. The van der Waals surface area contributed by atoms with Crippen LogP contribution < -0.4 is 0 Å². The Labute approximate surface area is 151 Å². The zero-order valence-corrected chi connectivity index (χ0v) is 15.4. The molecular formula is C17H19Cl2N3O2. The van der Waals surface area contributed by atoms with Gasteiger partial charge in [-0.25, -0.2) is 4.79 Å². The van der Waals surface area contributed by atoms with Crippen molar-refractivity contribution in [2.45, 2.75) is 39.2 Å². The Morgan fingerprint density at radius 2 is 2.00 bits per heavy atom. The first-order chi connectivity index (χ1) is 11.2. The molecule has 2 heterocycles. The van der Waals surface area contributed by atoms with Gasteiger partial charge in [0.1, 0.15) is 5.60 Å². The van der Waals surface area contributed by atoms with Crippen LogP contribution in [0.25, 0.3) is 0 Å². The van der Waals surface area contributed by atoms with Gasteiger partial charge >= 0.3 is 6.09 Å². The second kappa shape index (κ2) is 6.09. The van der Waals surface area contributed by atoms with Crippen LogP contribution >= 0.6 is 23.2 Å². The lowest BCUT2D eigenvalue weighted by molar-refractivity contribution is -0.0832. The molecule has 24 heavy (non-hydrogen) atoms. The van der Waals surface area contributed by atoms with E-state index in [1.807, 2.05) is 20.8 Å². The monoisotopic (exact) mass is 367 g/mol. The standard InChI is InChI=1S/C17H19Cl2N3O2/c1-16(2,3)24-15(23)22-9-17(10-22)7-11(8-17)4-5-12-6-13(18)20-21-14(12)19/h6,11H,7-10H2,1-3H3. The van der Waals surface area contributed by atoms with E-state index in [1.54, 1.807) is 11.0 Å². The number of likely N-dealkylation sites (tertiary alicyclic amines) is 1. The van der Waals surface area contributed by atoms with Crippen LogP contribution in [0.4, 0.5) is 4.79 Å². The van der Waals surface area contributed by atoms with Crippen molar-refractivity contribution in [3.05, 3.63) is 21.9 Å². The summed E-state index contributed by atoms with van der Waals surface area (Å²) in [5.41, 5.74) is 0.363. The highest BCUT2D eigenvalue weighted by atomic mass is 35.5. The lowest BCUT2D eigenvalue weighted by atomic mass is 9.58. The predicted octanol–water partition coefficient (Wildman–Crippen LogP) is 3.78. The zero-order valence-electron chi connectivity index (χ0n) is 13.9. The minimum absolute atomic E-state index is 0.216. The minimum atomic E-state index is -0.452. The third-order valence-corrected chi connectivity index (χ3v) is 4.66. The van der Waals surface area contributed by atoms with Crippen molar-refractivity contribution >= 4 is 29.3 Å². The second-order valence-corrected chi connectivity index (χ2v) is 8.33. The predicted molar refractivity (Wildman–Crippen MR) is 91.9 cm³/mol. The van der Waals surface area contributed by atoms with E-state index in [1.165, 1.54) is 0 Å². The highest BCUT2D eigenvalue weighted by Gasteiger charge is 2.54. The molecule has 0 atom stereocenters. The van der Waals surface area contributed by atoms with Crippen LogP contribution in [0.15, 0.2) is 6.07 Å². The van der Waals surface area contributed by atoms with Crippen LogP contribution in [0.1, 0.15) is 39.2 Å². The van der Waals surface area contributed by atoms with E-state index in [4.69, 9.17) is 27.9 Å². The maximum absolute atomic E-state index is 12.0. The van der Waals surface area contributed by atoms with Crippen molar-refractivity contribution in [1.29, 1.82) is 0 Å². The lowest BCUT2D eigenvalue weighted by Gasteiger charge is -2.57. The maximum atomic E-state index is 12.0. The Balaban J connectivity index is 1.50. The molecule has 1 spiro atoms.